The van der Waals surface area contributed by atoms with Crippen LogP contribution in [0.15, 0.2) is 54.6 Å². The van der Waals surface area contributed by atoms with Gasteiger partial charge in [-0.15, -0.1) is 0 Å². The maximum Gasteiger partial charge on any atom is 0.229 e. The van der Waals surface area contributed by atoms with Crippen LogP contribution in [0.3, 0.4) is 0 Å². The van der Waals surface area contributed by atoms with Gasteiger partial charge in [-0.25, -0.2) is 0 Å². The molecular formula is C23H22N4O2. The largest absolute Gasteiger partial charge is 0.497 e. The SMILES string of the molecule is COc1ccc(-c2cc(NC(=O)C3Cc4c(n(C)c5ccccc45)C3)n[nH]2)cc1. The summed E-state index contributed by atoms with van der Waals surface area (Å²) in [5, 5.41) is 11.5. The number of fused-ring (bicyclic) bond motifs is 3. The lowest BCUT2D eigenvalue weighted by Crippen LogP contribution is -2.23. The average Bonchev–Trinajstić information content (AvgIpc) is 3.45. The highest BCUT2D eigenvalue weighted by atomic mass is 16.5. The number of para-hydroxylation sites is 1. The first-order chi connectivity index (χ1) is 14.1. The minimum absolute atomic E-state index is 0.0121. The van der Waals surface area contributed by atoms with Gasteiger partial charge in [0.15, 0.2) is 5.82 Å². The number of aromatic amines is 1. The molecule has 1 atom stereocenters. The Balaban J connectivity index is 1.31. The number of amides is 1. The molecule has 0 spiro atoms. The lowest BCUT2D eigenvalue weighted by atomic mass is 10.0. The summed E-state index contributed by atoms with van der Waals surface area (Å²) in [6, 6.07) is 17.9. The first-order valence-electron chi connectivity index (χ1n) is 9.70. The number of methoxy groups -OCH3 is 1. The molecule has 2 heterocycles. The van der Waals surface area contributed by atoms with Gasteiger partial charge >= 0.3 is 0 Å². The smallest absolute Gasteiger partial charge is 0.229 e. The lowest BCUT2D eigenvalue weighted by molar-refractivity contribution is -0.119. The normalized spacial score (nSPS) is 15.4. The van der Waals surface area contributed by atoms with Gasteiger partial charge in [-0.1, -0.05) is 18.2 Å². The van der Waals surface area contributed by atoms with E-state index in [0.717, 1.165) is 29.8 Å². The summed E-state index contributed by atoms with van der Waals surface area (Å²) in [5.74, 6) is 1.28. The highest BCUT2D eigenvalue weighted by molar-refractivity contribution is 5.95. The molecule has 6 nitrogen and oxygen atoms in total. The van der Waals surface area contributed by atoms with Crippen LogP contribution in [0.2, 0.25) is 0 Å². The summed E-state index contributed by atoms with van der Waals surface area (Å²) < 4.78 is 7.41. The zero-order valence-corrected chi connectivity index (χ0v) is 16.4. The lowest BCUT2D eigenvalue weighted by Gasteiger charge is -2.10. The van der Waals surface area contributed by atoms with Crippen LogP contribution in [0.25, 0.3) is 22.2 Å². The van der Waals surface area contributed by atoms with Gasteiger partial charge in [0.05, 0.1) is 12.8 Å². The average molecular weight is 386 g/mol. The third-order valence-electron chi connectivity index (χ3n) is 5.83. The summed E-state index contributed by atoms with van der Waals surface area (Å²) in [7, 11) is 3.72. The molecule has 0 saturated carbocycles. The fourth-order valence-corrected chi connectivity index (χ4v) is 4.28. The van der Waals surface area contributed by atoms with Gasteiger partial charge in [0.1, 0.15) is 5.75 Å². The number of H-pyrrole nitrogens is 1. The molecule has 2 aromatic heterocycles. The molecule has 0 bridgehead atoms. The van der Waals surface area contributed by atoms with Gasteiger partial charge in [-0.05, 0) is 54.3 Å². The van der Waals surface area contributed by atoms with Crippen LogP contribution in [-0.2, 0) is 24.7 Å². The Bertz CT molecular complexity index is 1200. The second-order valence-corrected chi connectivity index (χ2v) is 7.49. The number of aryl methyl sites for hydroxylation is 1. The zero-order chi connectivity index (χ0) is 20.0. The molecule has 1 amide bonds. The second-order valence-electron chi connectivity index (χ2n) is 7.49. The van der Waals surface area contributed by atoms with Crippen molar-refractivity contribution in [3.8, 4) is 17.0 Å². The third kappa shape index (κ3) is 2.97. The van der Waals surface area contributed by atoms with E-state index in [4.69, 9.17) is 4.74 Å². The van der Waals surface area contributed by atoms with E-state index in [2.05, 4.69) is 51.4 Å². The van der Waals surface area contributed by atoms with Gasteiger partial charge in [0.25, 0.3) is 0 Å². The number of anilines is 1. The highest BCUT2D eigenvalue weighted by Crippen LogP contribution is 2.35. The quantitative estimate of drug-likeness (QED) is 0.558. The Kier molecular flexibility index (Phi) is 4.12. The molecule has 0 saturated heterocycles. The molecular weight excluding hydrogens is 364 g/mol. The number of rotatable bonds is 4. The molecule has 4 aromatic rings. The van der Waals surface area contributed by atoms with Gasteiger partial charge in [-0.3, -0.25) is 9.89 Å². The molecule has 6 heteroatoms. The van der Waals surface area contributed by atoms with Crippen molar-refractivity contribution in [2.45, 2.75) is 12.8 Å². The maximum absolute atomic E-state index is 12.9. The van der Waals surface area contributed by atoms with Gasteiger partial charge < -0.3 is 14.6 Å². The molecule has 0 fully saturated rings. The minimum Gasteiger partial charge on any atom is -0.497 e. The van der Waals surface area contributed by atoms with Crippen LogP contribution in [0, 0.1) is 5.92 Å². The monoisotopic (exact) mass is 386 g/mol. The van der Waals surface area contributed by atoms with E-state index >= 15 is 0 Å². The zero-order valence-electron chi connectivity index (χ0n) is 16.4. The number of carbonyl (C=O) groups is 1. The van der Waals surface area contributed by atoms with Gasteiger partial charge in [-0.2, -0.15) is 5.10 Å². The summed E-state index contributed by atoms with van der Waals surface area (Å²) in [5.41, 5.74) is 5.62. The van der Waals surface area contributed by atoms with E-state index in [9.17, 15) is 4.79 Å². The molecule has 0 radical (unpaired) electrons. The molecule has 29 heavy (non-hydrogen) atoms. The summed E-state index contributed by atoms with van der Waals surface area (Å²) in [6.45, 7) is 0. The van der Waals surface area contributed by atoms with Crippen LogP contribution in [0.1, 0.15) is 11.3 Å². The number of hydrogen-bond acceptors (Lipinski definition) is 3. The van der Waals surface area contributed by atoms with Crippen molar-refractivity contribution >= 4 is 22.6 Å². The van der Waals surface area contributed by atoms with Crippen molar-refractivity contribution < 1.29 is 9.53 Å². The van der Waals surface area contributed by atoms with E-state index in [-0.39, 0.29) is 11.8 Å². The van der Waals surface area contributed by atoms with Crippen molar-refractivity contribution in [3.05, 3.63) is 65.9 Å². The van der Waals surface area contributed by atoms with Crippen molar-refractivity contribution in [3.63, 3.8) is 0 Å². The number of benzene rings is 2. The predicted octanol–water partition coefficient (Wildman–Crippen LogP) is 3.93. The summed E-state index contributed by atoms with van der Waals surface area (Å²) >= 11 is 0. The molecule has 146 valence electrons. The Morgan fingerprint density at radius 1 is 1.17 bits per heavy atom. The van der Waals surface area contributed by atoms with Crippen molar-refractivity contribution in [1.29, 1.82) is 0 Å². The van der Waals surface area contributed by atoms with Crippen LogP contribution in [-0.4, -0.2) is 27.8 Å². The predicted molar refractivity (Wildman–Crippen MR) is 113 cm³/mol. The van der Waals surface area contributed by atoms with Gasteiger partial charge in [0, 0.05) is 35.6 Å². The number of nitrogens with one attached hydrogen (secondary N) is 2. The highest BCUT2D eigenvalue weighted by Gasteiger charge is 2.32. The Labute approximate surface area is 168 Å². The number of ether oxygens (including phenoxy) is 1. The third-order valence-corrected chi connectivity index (χ3v) is 5.83. The number of aromatic nitrogens is 3. The van der Waals surface area contributed by atoms with Crippen LogP contribution < -0.4 is 10.1 Å². The van der Waals surface area contributed by atoms with Crippen molar-refractivity contribution in [1.82, 2.24) is 14.8 Å². The Morgan fingerprint density at radius 2 is 1.97 bits per heavy atom. The topological polar surface area (TPSA) is 71.9 Å². The molecule has 5 rings (SSSR count). The summed E-state index contributed by atoms with van der Waals surface area (Å²) in [4.78, 5) is 12.9. The Morgan fingerprint density at radius 3 is 2.76 bits per heavy atom. The fraction of sp³-hybridized carbons (Fsp3) is 0.217. The van der Waals surface area contributed by atoms with E-state index in [0.29, 0.717) is 5.82 Å². The molecule has 1 aliphatic carbocycles. The maximum atomic E-state index is 12.9. The number of carbonyl (C=O) groups excluding carboxylic acids is 1. The van der Waals surface area contributed by atoms with Gasteiger partial charge in [0.2, 0.25) is 5.91 Å². The van der Waals surface area contributed by atoms with E-state index in [1.165, 1.54) is 22.2 Å². The van der Waals surface area contributed by atoms with E-state index in [1.54, 1.807) is 7.11 Å². The standard InChI is InChI=1S/C23H22N4O2/c1-27-20-6-4-3-5-17(20)18-11-15(12-21(18)27)23(28)24-22-13-19(25-26-22)14-7-9-16(29-2)10-8-14/h3-10,13,15H,11-12H2,1-2H3,(H2,24,25,26,28). The molecule has 2 aromatic carbocycles. The van der Waals surface area contributed by atoms with Crippen molar-refractivity contribution in [2.75, 3.05) is 12.4 Å². The summed E-state index contributed by atoms with van der Waals surface area (Å²) in [6.07, 6.45) is 1.51. The number of hydrogen-bond donors (Lipinski definition) is 2. The molecule has 0 aliphatic heterocycles. The first kappa shape index (κ1) is 17.6. The van der Waals surface area contributed by atoms with Crippen LogP contribution >= 0.6 is 0 Å². The van der Waals surface area contributed by atoms with Crippen molar-refractivity contribution in [2.24, 2.45) is 13.0 Å². The molecule has 1 unspecified atom stereocenters. The molecule has 2 N–H and O–H groups in total. The first-order valence-corrected chi connectivity index (χ1v) is 9.70. The molecule has 1 aliphatic rings. The Hall–Kier alpha value is -3.54. The van der Waals surface area contributed by atoms with E-state index < -0.39 is 0 Å². The second kappa shape index (κ2) is 6.81. The fourth-order valence-electron chi connectivity index (χ4n) is 4.28. The van der Waals surface area contributed by atoms with Crippen LogP contribution in [0.5, 0.6) is 5.75 Å². The van der Waals surface area contributed by atoms with Crippen LogP contribution in [0.4, 0.5) is 5.82 Å². The minimum atomic E-state index is -0.0723. The number of nitrogens with zero attached hydrogens (tertiary/aromatic N) is 2. The van der Waals surface area contributed by atoms with E-state index in [1.807, 2.05) is 30.3 Å².